The molecule has 3 aromatic carbocycles. The van der Waals surface area contributed by atoms with Gasteiger partial charge in [0.25, 0.3) is 5.91 Å². The quantitative estimate of drug-likeness (QED) is 0.290. The maximum atomic E-state index is 12.6. The molecular formula is C23H20N4O4. The van der Waals surface area contributed by atoms with E-state index in [1.54, 1.807) is 36.4 Å². The molecule has 3 amide bonds. The van der Waals surface area contributed by atoms with E-state index in [0.717, 1.165) is 5.56 Å². The first-order valence-electron chi connectivity index (χ1n) is 9.33. The van der Waals surface area contributed by atoms with E-state index in [4.69, 9.17) is 0 Å². The second-order valence-electron chi connectivity index (χ2n) is 6.61. The van der Waals surface area contributed by atoms with E-state index in [0.29, 0.717) is 11.3 Å². The van der Waals surface area contributed by atoms with E-state index in [-0.39, 0.29) is 17.0 Å². The number of carbonyl (C=O) groups is 3. The van der Waals surface area contributed by atoms with Crippen molar-refractivity contribution >= 4 is 35.3 Å². The summed E-state index contributed by atoms with van der Waals surface area (Å²) in [5.41, 5.74) is 4.74. The topological polar surface area (TPSA) is 120 Å². The highest BCUT2D eigenvalue weighted by atomic mass is 16.3. The maximum Gasteiger partial charge on any atom is 0.329 e. The summed E-state index contributed by atoms with van der Waals surface area (Å²) in [5.74, 6) is -2.29. The van der Waals surface area contributed by atoms with Crippen LogP contribution in [0.3, 0.4) is 0 Å². The molecule has 4 N–H and O–H groups in total. The molecule has 0 radical (unpaired) electrons. The van der Waals surface area contributed by atoms with Gasteiger partial charge in [-0.3, -0.25) is 14.4 Å². The summed E-state index contributed by atoms with van der Waals surface area (Å²) in [6, 6.07) is 19.8. The van der Waals surface area contributed by atoms with Crippen LogP contribution < -0.4 is 16.1 Å². The summed E-state index contributed by atoms with van der Waals surface area (Å²) in [4.78, 5) is 36.9. The van der Waals surface area contributed by atoms with Crippen molar-refractivity contribution in [2.24, 2.45) is 5.10 Å². The van der Waals surface area contributed by atoms with E-state index in [2.05, 4.69) is 21.2 Å². The van der Waals surface area contributed by atoms with Crippen molar-refractivity contribution in [2.75, 3.05) is 10.6 Å². The van der Waals surface area contributed by atoms with Gasteiger partial charge in [0.15, 0.2) is 0 Å². The second-order valence-corrected chi connectivity index (χ2v) is 6.61. The molecule has 0 aliphatic heterocycles. The van der Waals surface area contributed by atoms with E-state index < -0.39 is 17.7 Å². The Balaban J connectivity index is 1.63. The lowest BCUT2D eigenvalue weighted by atomic mass is 10.1. The van der Waals surface area contributed by atoms with Crippen LogP contribution in [0.25, 0.3) is 0 Å². The first kappa shape index (κ1) is 21.3. The van der Waals surface area contributed by atoms with E-state index >= 15 is 0 Å². The molecule has 156 valence electrons. The third kappa shape index (κ3) is 6.01. The molecule has 0 aliphatic rings. The van der Waals surface area contributed by atoms with Gasteiger partial charge in [-0.1, -0.05) is 24.3 Å². The Kier molecular flexibility index (Phi) is 6.74. The molecule has 0 bridgehead atoms. The van der Waals surface area contributed by atoms with Crippen LogP contribution in [0.15, 0.2) is 77.9 Å². The van der Waals surface area contributed by atoms with Crippen LogP contribution in [0.2, 0.25) is 0 Å². The van der Waals surface area contributed by atoms with Crippen molar-refractivity contribution in [1.82, 2.24) is 5.43 Å². The number of rotatable bonds is 5. The largest absolute Gasteiger partial charge is 0.508 e. The first-order valence-corrected chi connectivity index (χ1v) is 9.33. The van der Waals surface area contributed by atoms with Crippen LogP contribution in [-0.4, -0.2) is 29.0 Å². The zero-order valence-corrected chi connectivity index (χ0v) is 16.6. The highest BCUT2D eigenvalue weighted by Crippen LogP contribution is 2.18. The van der Waals surface area contributed by atoms with Crippen LogP contribution in [0.5, 0.6) is 5.75 Å². The predicted molar refractivity (Wildman–Crippen MR) is 118 cm³/mol. The van der Waals surface area contributed by atoms with Gasteiger partial charge in [0.2, 0.25) is 0 Å². The first-order chi connectivity index (χ1) is 14.9. The SMILES string of the molecule is Cc1cccc(NC(=O)c2ccccc2NC(=O)C(=O)N/N=C/c2ccc(O)cc2)c1. The van der Waals surface area contributed by atoms with Crippen LogP contribution in [0.1, 0.15) is 21.5 Å². The van der Waals surface area contributed by atoms with Gasteiger partial charge in [0.05, 0.1) is 17.5 Å². The fourth-order valence-corrected chi connectivity index (χ4v) is 2.67. The number of hydrogen-bond donors (Lipinski definition) is 4. The summed E-state index contributed by atoms with van der Waals surface area (Å²) in [6.45, 7) is 1.91. The number of phenolic OH excluding ortho intramolecular Hbond substituents is 1. The third-order valence-corrected chi connectivity index (χ3v) is 4.17. The Labute approximate surface area is 178 Å². The fraction of sp³-hybridized carbons (Fsp3) is 0.0435. The van der Waals surface area contributed by atoms with E-state index in [1.165, 1.54) is 24.4 Å². The van der Waals surface area contributed by atoms with Gasteiger partial charge in [-0.15, -0.1) is 0 Å². The Hall–Kier alpha value is -4.46. The lowest BCUT2D eigenvalue weighted by molar-refractivity contribution is -0.136. The van der Waals surface area contributed by atoms with Gasteiger partial charge in [-0.05, 0) is 66.6 Å². The molecule has 8 nitrogen and oxygen atoms in total. The minimum atomic E-state index is -0.996. The molecule has 0 heterocycles. The summed E-state index contributed by atoms with van der Waals surface area (Å²) < 4.78 is 0. The Morgan fingerprint density at radius 1 is 0.871 bits per heavy atom. The minimum Gasteiger partial charge on any atom is -0.508 e. The number of aryl methyl sites for hydroxylation is 1. The summed E-state index contributed by atoms with van der Waals surface area (Å²) in [6.07, 6.45) is 1.33. The number of hydrogen-bond acceptors (Lipinski definition) is 5. The number of anilines is 2. The van der Waals surface area contributed by atoms with Gasteiger partial charge in [-0.2, -0.15) is 5.10 Å². The number of amides is 3. The molecule has 0 fully saturated rings. The fourth-order valence-electron chi connectivity index (χ4n) is 2.67. The molecular weight excluding hydrogens is 396 g/mol. The Bertz CT molecular complexity index is 1140. The van der Waals surface area contributed by atoms with E-state index in [9.17, 15) is 19.5 Å². The van der Waals surface area contributed by atoms with Gasteiger partial charge < -0.3 is 15.7 Å². The molecule has 0 atom stereocenters. The average Bonchev–Trinajstić information content (AvgIpc) is 2.75. The minimum absolute atomic E-state index is 0.102. The number of carbonyl (C=O) groups excluding carboxylic acids is 3. The van der Waals surface area contributed by atoms with Crippen LogP contribution in [0.4, 0.5) is 11.4 Å². The summed E-state index contributed by atoms with van der Waals surface area (Å²) in [7, 11) is 0. The normalized spacial score (nSPS) is 10.5. The molecule has 3 rings (SSSR count). The molecule has 0 aliphatic carbocycles. The second kappa shape index (κ2) is 9.84. The lowest BCUT2D eigenvalue weighted by Crippen LogP contribution is -2.33. The molecule has 0 spiro atoms. The van der Waals surface area contributed by atoms with Crippen molar-refractivity contribution in [3.05, 3.63) is 89.5 Å². The molecule has 0 saturated heterocycles. The number of para-hydroxylation sites is 1. The average molecular weight is 416 g/mol. The number of benzene rings is 3. The smallest absolute Gasteiger partial charge is 0.329 e. The highest BCUT2D eigenvalue weighted by Gasteiger charge is 2.17. The van der Waals surface area contributed by atoms with Crippen LogP contribution in [-0.2, 0) is 9.59 Å². The van der Waals surface area contributed by atoms with Gasteiger partial charge in [0, 0.05) is 5.69 Å². The third-order valence-electron chi connectivity index (χ3n) is 4.17. The van der Waals surface area contributed by atoms with Crippen LogP contribution in [0, 0.1) is 6.92 Å². The zero-order chi connectivity index (χ0) is 22.2. The van der Waals surface area contributed by atoms with Crippen molar-refractivity contribution in [3.63, 3.8) is 0 Å². The Morgan fingerprint density at radius 3 is 2.35 bits per heavy atom. The zero-order valence-electron chi connectivity index (χ0n) is 16.6. The van der Waals surface area contributed by atoms with Crippen molar-refractivity contribution < 1.29 is 19.5 Å². The lowest BCUT2D eigenvalue weighted by Gasteiger charge is -2.11. The van der Waals surface area contributed by atoms with Crippen molar-refractivity contribution in [2.45, 2.75) is 6.92 Å². The number of phenols is 1. The van der Waals surface area contributed by atoms with Crippen molar-refractivity contribution in [1.29, 1.82) is 0 Å². The Morgan fingerprint density at radius 2 is 1.61 bits per heavy atom. The maximum absolute atomic E-state index is 12.6. The number of nitrogens with zero attached hydrogens (tertiary/aromatic N) is 1. The van der Waals surface area contributed by atoms with Gasteiger partial charge in [0.1, 0.15) is 5.75 Å². The number of nitrogens with one attached hydrogen (secondary N) is 3. The molecule has 3 aromatic rings. The molecule has 0 unspecified atom stereocenters. The van der Waals surface area contributed by atoms with Crippen molar-refractivity contribution in [3.8, 4) is 5.75 Å². The number of hydrazone groups is 1. The molecule has 0 saturated carbocycles. The van der Waals surface area contributed by atoms with Gasteiger partial charge in [-0.25, -0.2) is 5.43 Å². The summed E-state index contributed by atoms with van der Waals surface area (Å²) >= 11 is 0. The standard InChI is InChI=1S/C23H20N4O4/c1-15-5-4-6-17(13-15)25-21(29)19-7-2-3-8-20(19)26-22(30)23(31)27-24-14-16-9-11-18(28)12-10-16/h2-14,28H,1H3,(H,25,29)(H,26,30)(H,27,31)/b24-14+. The highest BCUT2D eigenvalue weighted by molar-refractivity contribution is 6.40. The van der Waals surface area contributed by atoms with Gasteiger partial charge >= 0.3 is 11.8 Å². The molecule has 8 heteroatoms. The molecule has 0 aromatic heterocycles. The number of aromatic hydroxyl groups is 1. The molecule has 31 heavy (non-hydrogen) atoms. The van der Waals surface area contributed by atoms with Crippen LogP contribution >= 0.6 is 0 Å². The van der Waals surface area contributed by atoms with E-state index in [1.807, 2.05) is 25.1 Å². The predicted octanol–water partition coefficient (Wildman–Crippen LogP) is 3.04. The summed E-state index contributed by atoms with van der Waals surface area (Å²) in [5, 5.41) is 18.1. The monoisotopic (exact) mass is 416 g/mol.